The van der Waals surface area contributed by atoms with Gasteiger partial charge in [-0.3, -0.25) is 4.79 Å². The van der Waals surface area contributed by atoms with Crippen molar-refractivity contribution in [2.45, 2.75) is 90.6 Å². The van der Waals surface area contributed by atoms with Gasteiger partial charge in [0, 0.05) is 12.8 Å². The van der Waals surface area contributed by atoms with E-state index >= 15 is 0 Å². The van der Waals surface area contributed by atoms with Gasteiger partial charge in [-0.1, -0.05) is 52.4 Å². The lowest BCUT2D eigenvalue weighted by Gasteiger charge is -2.22. The quantitative estimate of drug-likeness (QED) is 0.411. The number of rotatable bonds is 11. The molecule has 0 aliphatic carbocycles. The fourth-order valence-corrected chi connectivity index (χ4v) is 2.62. The molecule has 0 N–H and O–H groups in total. The van der Waals surface area contributed by atoms with Crippen LogP contribution in [0.5, 0.6) is 0 Å². The average molecular weight is 310 g/mol. The number of cyclic esters (lactones) is 1. The highest BCUT2D eigenvalue weighted by Crippen LogP contribution is 2.22. The molecule has 0 amide bonds. The Morgan fingerprint density at radius 2 is 1.82 bits per heavy atom. The molecule has 0 saturated heterocycles. The summed E-state index contributed by atoms with van der Waals surface area (Å²) in [5.41, 5.74) is 0. The Hall–Kier alpha value is -1.32. The third-order valence-corrected chi connectivity index (χ3v) is 3.82. The second-order valence-electron chi connectivity index (χ2n) is 6.01. The zero-order chi connectivity index (χ0) is 16.2. The Kier molecular flexibility index (Phi) is 9.60. The number of carbonyl (C=O) groups is 2. The van der Waals surface area contributed by atoms with Crippen LogP contribution in [0.4, 0.5) is 0 Å². The summed E-state index contributed by atoms with van der Waals surface area (Å²) in [6, 6.07) is 0. The molecule has 126 valence electrons. The van der Waals surface area contributed by atoms with Crippen LogP contribution in [0.2, 0.25) is 0 Å². The number of ether oxygens (including phenoxy) is 2. The maximum atomic E-state index is 11.5. The number of hydrogen-bond donors (Lipinski definition) is 0. The second-order valence-corrected chi connectivity index (χ2v) is 6.01. The highest BCUT2D eigenvalue weighted by atomic mass is 16.6. The van der Waals surface area contributed by atoms with Gasteiger partial charge in [0.15, 0.2) is 0 Å². The van der Waals surface area contributed by atoms with Crippen molar-refractivity contribution in [3.8, 4) is 0 Å². The van der Waals surface area contributed by atoms with E-state index in [0.717, 1.165) is 19.3 Å². The molecule has 0 aromatic rings. The second kappa shape index (κ2) is 11.3. The summed E-state index contributed by atoms with van der Waals surface area (Å²) < 4.78 is 10.5. The van der Waals surface area contributed by atoms with Gasteiger partial charge in [-0.2, -0.15) is 0 Å². The van der Waals surface area contributed by atoms with E-state index in [9.17, 15) is 9.59 Å². The summed E-state index contributed by atoms with van der Waals surface area (Å²) in [6.45, 7) is 4.14. The first-order valence-corrected chi connectivity index (χ1v) is 8.77. The van der Waals surface area contributed by atoms with Crippen LogP contribution in [0, 0.1) is 0 Å². The largest absolute Gasteiger partial charge is 0.459 e. The number of unbranched alkanes of at least 4 members (excludes halogenated alkanes) is 6. The van der Waals surface area contributed by atoms with Crippen LogP contribution in [0.1, 0.15) is 84.5 Å². The first-order valence-electron chi connectivity index (χ1n) is 8.77. The zero-order valence-corrected chi connectivity index (χ0v) is 14.1. The minimum Gasteiger partial charge on any atom is -0.459 e. The predicted molar refractivity (Wildman–Crippen MR) is 86.2 cm³/mol. The molecule has 0 fully saturated rings. The van der Waals surface area contributed by atoms with Gasteiger partial charge in [0.25, 0.3) is 0 Å². The van der Waals surface area contributed by atoms with Crippen molar-refractivity contribution in [1.82, 2.24) is 0 Å². The molecule has 0 aromatic heterocycles. The smallest absolute Gasteiger partial charge is 0.334 e. The van der Waals surface area contributed by atoms with Gasteiger partial charge in [-0.25, -0.2) is 4.79 Å². The lowest BCUT2D eigenvalue weighted by atomic mass is 10.0. The Bertz CT molecular complexity index is 373. The molecular weight excluding hydrogens is 280 g/mol. The zero-order valence-electron chi connectivity index (χ0n) is 14.1. The van der Waals surface area contributed by atoms with Gasteiger partial charge in [0.2, 0.25) is 0 Å². The van der Waals surface area contributed by atoms with Crippen molar-refractivity contribution < 1.29 is 19.1 Å². The fraction of sp³-hybridized carbons (Fsp3) is 0.778. The van der Waals surface area contributed by atoms with Gasteiger partial charge < -0.3 is 9.47 Å². The minimum absolute atomic E-state index is 0.141. The third kappa shape index (κ3) is 8.20. The normalized spacial score (nSPS) is 17.8. The highest BCUT2D eigenvalue weighted by Gasteiger charge is 2.23. The van der Waals surface area contributed by atoms with Gasteiger partial charge in [0.05, 0.1) is 6.08 Å². The van der Waals surface area contributed by atoms with Crippen molar-refractivity contribution in [2.75, 3.05) is 0 Å². The summed E-state index contributed by atoms with van der Waals surface area (Å²) >= 11 is 0. The number of hydrogen-bond acceptors (Lipinski definition) is 4. The van der Waals surface area contributed by atoms with Crippen LogP contribution < -0.4 is 0 Å². The van der Waals surface area contributed by atoms with Crippen LogP contribution in [0.25, 0.3) is 0 Å². The third-order valence-electron chi connectivity index (χ3n) is 3.82. The Labute approximate surface area is 134 Å². The topological polar surface area (TPSA) is 52.6 Å². The van der Waals surface area contributed by atoms with E-state index in [2.05, 4.69) is 6.92 Å². The van der Waals surface area contributed by atoms with Crippen molar-refractivity contribution >= 4 is 11.9 Å². The molecule has 4 heteroatoms. The van der Waals surface area contributed by atoms with Crippen LogP contribution >= 0.6 is 0 Å². The Morgan fingerprint density at radius 3 is 2.50 bits per heavy atom. The van der Waals surface area contributed by atoms with E-state index < -0.39 is 5.97 Å². The molecule has 1 rings (SSSR count). The van der Waals surface area contributed by atoms with Gasteiger partial charge in [-0.15, -0.1) is 0 Å². The van der Waals surface area contributed by atoms with Gasteiger partial charge in [0.1, 0.15) is 11.9 Å². The fourth-order valence-electron chi connectivity index (χ4n) is 2.62. The van der Waals surface area contributed by atoms with E-state index in [1.807, 2.05) is 6.92 Å². The lowest BCUT2D eigenvalue weighted by molar-refractivity contribution is -0.148. The van der Waals surface area contributed by atoms with E-state index in [1.165, 1.54) is 44.6 Å². The maximum Gasteiger partial charge on any atom is 0.334 e. The van der Waals surface area contributed by atoms with Crippen molar-refractivity contribution in [1.29, 1.82) is 0 Å². The molecule has 1 aliphatic heterocycles. The van der Waals surface area contributed by atoms with Crippen molar-refractivity contribution in [3.05, 3.63) is 11.8 Å². The van der Waals surface area contributed by atoms with Crippen LogP contribution in [-0.4, -0.2) is 18.0 Å². The SMILES string of the molecule is CCCCCCCCCC1CC(OC(=O)CCC)=CC(=O)O1. The molecule has 0 saturated carbocycles. The average Bonchev–Trinajstić information content (AvgIpc) is 2.46. The van der Waals surface area contributed by atoms with Gasteiger partial charge >= 0.3 is 11.9 Å². The molecule has 1 atom stereocenters. The highest BCUT2D eigenvalue weighted by molar-refractivity contribution is 5.84. The van der Waals surface area contributed by atoms with Crippen LogP contribution in [0.3, 0.4) is 0 Å². The predicted octanol–water partition coefficient (Wildman–Crippen LogP) is 4.67. The molecule has 0 spiro atoms. The van der Waals surface area contributed by atoms with E-state index in [4.69, 9.17) is 9.47 Å². The van der Waals surface area contributed by atoms with E-state index in [1.54, 1.807) is 0 Å². The molecule has 1 unspecified atom stereocenters. The molecule has 1 aliphatic rings. The van der Waals surface area contributed by atoms with Crippen molar-refractivity contribution in [2.24, 2.45) is 0 Å². The maximum absolute atomic E-state index is 11.5. The molecule has 0 radical (unpaired) electrons. The molecule has 1 heterocycles. The number of esters is 2. The molecule has 0 aromatic carbocycles. The van der Waals surface area contributed by atoms with Crippen molar-refractivity contribution in [3.63, 3.8) is 0 Å². The molecule has 4 nitrogen and oxygen atoms in total. The summed E-state index contributed by atoms with van der Waals surface area (Å²) in [5, 5.41) is 0. The molecular formula is C18H30O4. The number of carbonyl (C=O) groups excluding carboxylic acids is 2. The van der Waals surface area contributed by atoms with Crippen LogP contribution in [0.15, 0.2) is 11.8 Å². The standard InChI is InChI=1S/C18H30O4/c1-3-5-6-7-8-9-10-12-15-13-16(14-18(20)21-15)22-17(19)11-4-2/h14-15H,3-13H2,1-2H3. The Morgan fingerprint density at radius 1 is 1.14 bits per heavy atom. The summed E-state index contributed by atoms with van der Waals surface area (Å²) in [4.78, 5) is 23.0. The van der Waals surface area contributed by atoms with Crippen LogP contribution in [-0.2, 0) is 19.1 Å². The molecule has 0 bridgehead atoms. The van der Waals surface area contributed by atoms with Gasteiger partial charge in [-0.05, 0) is 19.3 Å². The monoisotopic (exact) mass is 310 g/mol. The first-order chi connectivity index (χ1) is 10.7. The first kappa shape index (κ1) is 18.7. The van der Waals surface area contributed by atoms with E-state index in [0.29, 0.717) is 18.6 Å². The summed E-state index contributed by atoms with van der Waals surface area (Å²) in [7, 11) is 0. The van der Waals surface area contributed by atoms with E-state index in [-0.39, 0.29) is 12.1 Å². The lowest BCUT2D eigenvalue weighted by Crippen LogP contribution is -2.24. The molecule has 22 heavy (non-hydrogen) atoms. The summed E-state index contributed by atoms with van der Waals surface area (Å²) in [6.07, 6.45) is 12.3. The minimum atomic E-state index is -0.390. The Balaban J connectivity index is 2.21. The summed E-state index contributed by atoms with van der Waals surface area (Å²) in [5.74, 6) is -0.195.